The van der Waals surface area contributed by atoms with Crippen LogP contribution in [0.4, 0.5) is 5.69 Å². The Bertz CT molecular complexity index is 668. The Balaban J connectivity index is 2.01. The molecule has 1 amide bonds. The quantitative estimate of drug-likeness (QED) is 0.446. The van der Waals surface area contributed by atoms with Crippen molar-refractivity contribution in [3.8, 4) is 0 Å². The summed E-state index contributed by atoms with van der Waals surface area (Å²) in [5.74, 6) is 0.0110. The molecule has 0 aliphatic heterocycles. The molecule has 22 heavy (non-hydrogen) atoms. The number of carbonyl (C=O) groups is 1. The second-order valence-corrected chi connectivity index (χ2v) is 6.82. The number of halogens is 1. The number of thioether (sulfide) groups is 1. The molecule has 2 aromatic rings. The zero-order chi connectivity index (χ0) is 16.1. The van der Waals surface area contributed by atoms with Crippen molar-refractivity contribution in [1.82, 2.24) is 9.97 Å². The molecule has 0 saturated heterocycles. The molecule has 0 saturated carbocycles. The summed E-state index contributed by atoms with van der Waals surface area (Å²) in [4.78, 5) is 21.0. The van der Waals surface area contributed by atoms with Gasteiger partial charge in [-0.05, 0) is 66.8 Å². The van der Waals surface area contributed by atoms with E-state index in [9.17, 15) is 4.79 Å². The van der Waals surface area contributed by atoms with Crippen molar-refractivity contribution in [1.29, 1.82) is 0 Å². The molecule has 0 spiro atoms. The van der Waals surface area contributed by atoms with E-state index in [0.29, 0.717) is 12.8 Å². The topological polar surface area (TPSA) is 54.9 Å². The summed E-state index contributed by atoms with van der Waals surface area (Å²) in [6.07, 6.45) is 3.04. The lowest BCUT2D eigenvalue weighted by Crippen LogP contribution is -2.14. The van der Waals surface area contributed by atoms with Crippen LogP contribution in [-0.2, 0) is 11.2 Å². The molecular formula is C16H18IN3OS. The maximum absolute atomic E-state index is 12.1. The normalized spacial score (nSPS) is 10.5. The minimum absolute atomic E-state index is 0.0110. The summed E-state index contributed by atoms with van der Waals surface area (Å²) in [6, 6.07) is 7.75. The molecule has 0 fully saturated rings. The molecule has 116 valence electrons. The van der Waals surface area contributed by atoms with E-state index in [2.05, 4.69) is 37.9 Å². The number of benzene rings is 1. The fourth-order valence-electron chi connectivity index (χ4n) is 2.18. The molecule has 0 bridgehead atoms. The number of aromatic nitrogens is 2. The van der Waals surface area contributed by atoms with Gasteiger partial charge in [-0.25, -0.2) is 9.97 Å². The zero-order valence-electron chi connectivity index (χ0n) is 12.8. The van der Waals surface area contributed by atoms with Gasteiger partial charge in [0.25, 0.3) is 0 Å². The molecule has 0 aliphatic carbocycles. The fraction of sp³-hybridized carbons (Fsp3) is 0.312. The molecule has 1 aromatic carbocycles. The van der Waals surface area contributed by atoms with Crippen molar-refractivity contribution < 1.29 is 4.79 Å². The largest absolute Gasteiger partial charge is 0.325 e. The van der Waals surface area contributed by atoms with E-state index >= 15 is 0 Å². The number of hydrogen-bond acceptors (Lipinski definition) is 4. The molecule has 0 radical (unpaired) electrons. The molecule has 1 N–H and O–H groups in total. The molecule has 0 atom stereocenters. The van der Waals surface area contributed by atoms with E-state index in [1.807, 2.05) is 44.4 Å². The number of hydrogen-bond donors (Lipinski definition) is 1. The van der Waals surface area contributed by atoms with Gasteiger partial charge in [0.15, 0.2) is 5.16 Å². The van der Waals surface area contributed by atoms with Crippen LogP contribution in [0.5, 0.6) is 0 Å². The van der Waals surface area contributed by atoms with E-state index in [1.165, 1.54) is 11.8 Å². The average molecular weight is 427 g/mol. The summed E-state index contributed by atoms with van der Waals surface area (Å²) < 4.78 is 1.04. The Hall–Kier alpha value is -1.15. The van der Waals surface area contributed by atoms with Crippen molar-refractivity contribution in [2.24, 2.45) is 0 Å². The number of carbonyl (C=O) groups excluding carboxylic acids is 1. The standard InChI is InChI=1S/C16H18IN3OS/c1-10-12(11(2)19-16(18-10)22-3)8-9-15(21)20-14-7-5-4-6-13(14)17/h4-7H,8-9H2,1-3H3,(H,20,21). The van der Waals surface area contributed by atoms with Gasteiger partial charge in [-0.15, -0.1) is 0 Å². The predicted octanol–water partition coefficient (Wildman–Crippen LogP) is 3.99. The second kappa shape index (κ2) is 7.92. The molecule has 1 heterocycles. The van der Waals surface area contributed by atoms with Crippen molar-refractivity contribution in [2.75, 3.05) is 11.6 Å². The van der Waals surface area contributed by atoms with E-state index < -0.39 is 0 Å². The number of para-hydroxylation sites is 1. The first kappa shape index (κ1) is 17.2. The number of amides is 1. The van der Waals surface area contributed by atoms with Gasteiger partial charge in [0.1, 0.15) is 0 Å². The van der Waals surface area contributed by atoms with Crippen LogP contribution in [0.25, 0.3) is 0 Å². The van der Waals surface area contributed by atoms with Crippen LogP contribution < -0.4 is 5.32 Å². The van der Waals surface area contributed by atoms with Gasteiger partial charge in [0.05, 0.1) is 5.69 Å². The lowest BCUT2D eigenvalue weighted by molar-refractivity contribution is -0.116. The third-order valence-electron chi connectivity index (χ3n) is 3.33. The van der Waals surface area contributed by atoms with Crippen molar-refractivity contribution in [3.63, 3.8) is 0 Å². The van der Waals surface area contributed by atoms with Gasteiger partial charge in [-0.2, -0.15) is 0 Å². The monoisotopic (exact) mass is 427 g/mol. The summed E-state index contributed by atoms with van der Waals surface area (Å²) in [6.45, 7) is 3.95. The Morgan fingerprint density at radius 3 is 2.45 bits per heavy atom. The second-order valence-electron chi connectivity index (χ2n) is 4.89. The van der Waals surface area contributed by atoms with Gasteiger partial charge in [-0.1, -0.05) is 23.9 Å². The molecule has 2 rings (SSSR count). The third kappa shape index (κ3) is 4.42. The summed E-state index contributed by atoms with van der Waals surface area (Å²) in [7, 11) is 0. The van der Waals surface area contributed by atoms with E-state index in [4.69, 9.17) is 0 Å². The van der Waals surface area contributed by atoms with E-state index in [0.717, 1.165) is 31.4 Å². The SMILES string of the molecule is CSc1nc(C)c(CCC(=O)Nc2ccccc2I)c(C)n1. The first-order valence-corrected chi connectivity index (χ1v) is 9.24. The number of nitrogens with one attached hydrogen (secondary N) is 1. The average Bonchev–Trinajstić information content (AvgIpc) is 2.48. The molecule has 6 heteroatoms. The number of rotatable bonds is 5. The first-order valence-electron chi connectivity index (χ1n) is 6.93. The maximum atomic E-state index is 12.1. The third-order valence-corrected chi connectivity index (χ3v) is 4.82. The highest BCUT2D eigenvalue weighted by molar-refractivity contribution is 14.1. The van der Waals surface area contributed by atoms with Crippen LogP contribution in [-0.4, -0.2) is 22.1 Å². The lowest BCUT2D eigenvalue weighted by atomic mass is 10.1. The minimum atomic E-state index is 0.0110. The van der Waals surface area contributed by atoms with Crippen LogP contribution in [0.2, 0.25) is 0 Å². The highest BCUT2D eigenvalue weighted by atomic mass is 127. The molecule has 0 unspecified atom stereocenters. The summed E-state index contributed by atoms with van der Waals surface area (Å²) in [5, 5.41) is 3.73. The molecule has 1 aromatic heterocycles. The van der Waals surface area contributed by atoms with Gasteiger partial charge >= 0.3 is 0 Å². The zero-order valence-corrected chi connectivity index (χ0v) is 15.8. The first-order chi connectivity index (χ1) is 10.5. The molecular weight excluding hydrogens is 409 g/mol. The van der Waals surface area contributed by atoms with Crippen molar-refractivity contribution >= 4 is 45.9 Å². The van der Waals surface area contributed by atoms with Crippen LogP contribution in [0, 0.1) is 17.4 Å². The van der Waals surface area contributed by atoms with Crippen molar-refractivity contribution in [2.45, 2.75) is 31.8 Å². The van der Waals surface area contributed by atoms with Crippen molar-refractivity contribution in [3.05, 3.63) is 44.8 Å². The summed E-state index contributed by atoms with van der Waals surface area (Å²) in [5.41, 5.74) is 3.84. The number of aryl methyl sites for hydroxylation is 2. The minimum Gasteiger partial charge on any atom is -0.325 e. The van der Waals surface area contributed by atoms with Gasteiger partial charge in [0.2, 0.25) is 5.91 Å². The van der Waals surface area contributed by atoms with Crippen LogP contribution in [0.3, 0.4) is 0 Å². The Morgan fingerprint density at radius 1 is 1.23 bits per heavy atom. The van der Waals surface area contributed by atoms with Crippen LogP contribution >= 0.6 is 34.4 Å². The van der Waals surface area contributed by atoms with Gasteiger partial charge in [0, 0.05) is 21.4 Å². The highest BCUT2D eigenvalue weighted by Crippen LogP contribution is 2.19. The Labute approximate surface area is 148 Å². The predicted molar refractivity (Wildman–Crippen MR) is 99.4 cm³/mol. The van der Waals surface area contributed by atoms with E-state index in [1.54, 1.807) is 0 Å². The smallest absolute Gasteiger partial charge is 0.224 e. The highest BCUT2D eigenvalue weighted by Gasteiger charge is 2.11. The Morgan fingerprint density at radius 2 is 1.86 bits per heavy atom. The molecule has 4 nitrogen and oxygen atoms in total. The number of nitrogens with zero attached hydrogens (tertiary/aromatic N) is 2. The summed E-state index contributed by atoms with van der Waals surface area (Å²) >= 11 is 3.75. The van der Waals surface area contributed by atoms with Crippen LogP contribution in [0.1, 0.15) is 23.4 Å². The Kier molecular flexibility index (Phi) is 6.19. The van der Waals surface area contributed by atoms with E-state index in [-0.39, 0.29) is 5.91 Å². The van der Waals surface area contributed by atoms with Gasteiger partial charge in [-0.3, -0.25) is 4.79 Å². The molecule has 0 aliphatic rings. The lowest BCUT2D eigenvalue weighted by Gasteiger charge is -2.11. The van der Waals surface area contributed by atoms with Gasteiger partial charge < -0.3 is 5.32 Å². The number of anilines is 1. The van der Waals surface area contributed by atoms with Crippen LogP contribution in [0.15, 0.2) is 29.4 Å². The maximum Gasteiger partial charge on any atom is 0.224 e. The fourth-order valence-corrected chi connectivity index (χ4v) is 3.15.